The second-order valence-electron chi connectivity index (χ2n) is 8.55. The molecule has 4 rings (SSSR count). The quantitative estimate of drug-likeness (QED) is 0.167. The third-order valence-corrected chi connectivity index (χ3v) is 5.67. The summed E-state index contributed by atoms with van der Waals surface area (Å²) in [6.45, 7) is 3.38. The Morgan fingerprint density at radius 2 is 1.29 bits per heavy atom. The van der Waals surface area contributed by atoms with Crippen LogP contribution in [0.15, 0.2) is 51.7 Å². The van der Waals surface area contributed by atoms with Crippen LogP contribution < -0.4 is 29.3 Å². The zero-order valence-electron chi connectivity index (χ0n) is 22.4. The summed E-state index contributed by atoms with van der Waals surface area (Å²) in [4.78, 5) is 48.0. The van der Waals surface area contributed by atoms with Gasteiger partial charge in [0.2, 0.25) is 5.75 Å². The van der Waals surface area contributed by atoms with Crippen molar-refractivity contribution in [2.45, 2.75) is 20.8 Å². The Bertz CT molecular complexity index is 1750. The minimum absolute atomic E-state index is 0.00688. The lowest BCUT2D eigenvalue weighted by atomic mass is 9.92. The highest BCUT2D eigenvalue weighted by Gasteiger charge is 2.26. The molecule has 41 heavy (non-hydrogen) atoms. The normalized spacial score (nSPS) is 10.7. The van der Waals surface area contributed by atoms with Crippen LogP contribution in [0.25, 0.3) is 33.2 Å². The molecule has 0 N–H and O–H groups in total. The van der Waals surface area contributed by atoms with Crippen LogP contribution in [-0.2, 0) is 14.4 Å². The second kappa shape index (κ2) is 11.5. The Morgan fingerprint density at radius 3 is 1.83 bits per heavy atom. The van der Waals surface area contributed by atoms with E-state index in [1.54, 1.807) is 0 Å². The Balaban J connectivity index is 2.12. The minimum Gasteiger partial charge on any atom is -0.493 e. The van der Waals surface area contributed by atoms with Crippen molar-refractivity contribution >= 4 is 28.9 Å². The molecule has 3 aromatic carbocycles. The number of halogens is 2. The summed E-state index contributed by atoms with van der Waals surface area (Å²) in [5, 5.41) is -0.253. The maximum absolute atomic E-state index is 15.7. The number of carbonyl (C=O) groups is 3. The lowest BCUT2D eigenvalue weighted by molar-refractivity contribution is -0.133. The number of benzene rings is 3. The fourth-order valence-corrected chi connectivity index (χ4v) is 4.20. The van der Waals surface area contributed by atoms with Gasteiger partial charge in [-0.05, 0) is 35.4 Å². The molecular weight excluding hydrogens is 546 g/mol. The van der Waals surface area contributed by atoms with Crippen LogP contribution in [0.4, 0.5) is 8.78 Å². The third kappa shape index (κ3) is 5.86. The number of methoxy groups -OCH3 is 2. The maximum atomic E-state index is 15.7. The van der Waals surface area contributed by atoms with Gasteiger partial charge in [0.1, 0.15) is 17.1 Å². The van der Waals surface area contributed by atoms with Crippen molar-refractivity contribution in [2.24, 2.45) is 0 Å². The molecule has 4 aromatic rings. The molecule has 1 aromatic heterocycles. The highest BCUT2D eigenvalue weighted by atomic mass is 19.1. The predicted octanol–water partition coefficient (Wildman–Crippen LogP) is 5.20. The van der Waals surface area contributed by atoms with Crippen LogP contribution in [0.3, 0.4) is 0 Å². The van der Waals surface area contributed by atoms with Crippen molar-refractivity contribution in [3.05, 3.63) is 64.5 Å². The monoisotopic (exact) mass is 568 g/mol. The lowest BCUT2D eigenvalue weighted by Gasteiger charge is -2.17. The average molecular weight is 568 g/mol. The number of ether oxygens (including phenoxy) is 5. The fraction of sp³-hybridized carbons (Fsp3) is 0.172. The van der Waals surface area contributed by atoms with Crippen LogP contribution in [0.5, 0.6) is 28.7 Å². The third-order valence-electron chi connectivity index (χ3n) is 5.67. The number of rotatable bonds is 7. The molecule has 212 valence electrons. The minimum atomic E-state index is -0.985. The Labute approximate surface area is 230 Å². The SMILES string of the molecule is COc1cc(-c2c(-c3ccc(OC(C)=O)c(F)c3)c3c(F)cc(OC(C)=O)cc3oc2=O)cc(OC)c1OC(C)=O. The standard InChI is InChI=1S/C29H22F2O10/c1-13(32)38-18-11-20(31)27-22(12-18)41-29(35)26(25(27)16-6-7-21(19(30)8-16)39-14(2)33)17-9-23(36-4)28(40-15(3)34)24(10-17)37-5/h6-12H,1-5H3. The topological polar surface area (TPSA) is 128 Å². The molecule has 12 heteroatoms. The van der Waals surface area contributed by atoms with E-state index in [9.17, 15) is 19.2 Å². The van der Waals surface area contributed by atoms with Gasteiger partial charge in [-0.25, -0.2) is 13.6 Å². The average Bonchev–Trinajstić information content (AvgIpc) is 2.88. The first-order valence-electron chi connectivity index (χ1n) is 11.8. The van der Waals surface area contributed by atoms with E-state index in [0.29, 0.717) is 0 Å². The van der Waals surface area contributed by atoms with Gasteiger partial charge in [0, 0.05) is 38.5 Å². The smallest absolute Gasteiger partial charge is 0.344 e. The van der Waals surface area contributed by atoms with Gasteiger partial charge < -0.3 is 28.1 Å². The molecule has 0 unspecified atom stereocenters. The van der Waals surface area contributed by atoms with E-state index in [1.165, 1.54) is 39.3 Å². The zero-order valence-corrected chi connectivity index (χ0v) is 22.4. The van der Waals surface area contributed by atoms with Gasteiger partial charge in [-0.3, -0.25) is 14.4 Å². The van der Waals surface area contributed by atoms with Crippen LogP contribution in [0.1, 0.15) is 20.8 Å². The van der Waals surface area contributed by atoms with Gasteiger partial charge in [0.05, 0.1) is 25.2 Å². The molecule has 10 nitrogen and oxygen atoms in total. The highest BCUT2D eigenvalue weighted by molar-refractivity contribution is 6.02. The Hall–Kier alpha value is -5.26. The maximum Gasteiger partial charge on any atom is 0.344 e. The van der Waals surface area contributed by atoms with Crippen molar-refractivity contribution in [2.75, 3.05) is 14.2 Å². The van der Waals surface area contributed by atoms with E-state index in [4.69, 9.17) is 28.1 Å². The molecule has 0 fully saturated rings. The number of carbonyl (C=O) groups excluding carboxylic acids is 3. The van der Waals surface area contributed by atoms with Crippen LogP contribution >= 0.6 is 0 Å². The Morgan fingerprint density at radius 1 is 0.683 bits per heavy atom. The van der Waals surface area contributed by atoms with E-state index in [1.807, 2.05) is 0 Å². The number of hydrogen-bond acceptors (Lipinski definition) is 10. The largest absolute Gasteiger partial charge is 0.493 e. The Kier molecular flexibility index (Phi) is 8.03. The first-order valence-corrected chi connectivity index (χ1v) is 11.8. The molecule has 0 saturated heterocycles. The summed E-state index contributed by atoms with van der Waals surface area (Å²) in [7, 11) is 2.57. The summed E-state index contributed by atoms with van der Waals surface area (Å²) in [5.41, 5.74) is -1.55. The summed E-state index contributed by atoms with van der Waals surface area (Å²) in [6, 6.07) is 8.13. The van der Waals surface area contributed by atoms with Crippen molar-refractivity contribution in [1.82, 2.24) is 0 Å². The number of hydrogen-bond donors (Lipinski definition) is 0. The first kappa shape index (κ1) is 28.7. The van der Waals surface area contributed by atoms with Gasteiger partial charge >= 0.3 is 23.5 Å². The molecule has 1 heterocycles. The molecular formula is C29H22F2O10. The lowest BCUT2D eigenvalue weighted by Crippen LogP contribution is -2.10. The summed E-state index contributed by atoms with van der Waals surface area (Å²) in [5.74, 6) is -4.82. The van der Waals surface area contributed by atoms with Gasteiger partial charge in [-0.15, -0.1) is 0 Å². The van der Waals surface area contributed by atoms with Gasteiger partial charge in [0.15, 0.2) is 23.1 Å². The molecule has 0 saturated carbocycles. The van der Waals surface area contributed by atoms with E-state index >= 15 is 8.78 Å². The molecule has 0 bridgehead atoms. The molecule has 0 atom stereocenters. The number of esters is 3. The van der Waals surface area contributed by atoms with Gasteiger partial charge in [0.25, 0.3) is 0 Å². The van der Waals surface area contributed by atoms with E-state index in [2.05, 4.69) is 0 Å². The first-order chi connectivity index (χ1) is 19.4. The molecule has 0 radical (unpaired) electrons. The van der Waals surface area contributed by atoms with Crippen LogP contribution in [0, 0.1) is 11.6 Å². The van der Waals surface area contributed by atoms with Gasteiger partial charge in [-0.2, -0.15) is 0 Å². The van der Waals surface area contributed by atoms with Crippen molar-refractivity contribution in [3.8, 4) is 51.0 Å². The number of fused-ring (bicyclic) bond motifs is 1. The second-order valence-corrected chi connectivity index (χ2v) is 8.55. The molecule has 0 aliphatic heterocycles. The van der Waals surface area contributed by atoms with E-state index < -0.39 is 35.2 Å². The molecule has 0 amide bonds. The zero-order chi connectivity index (χ0) is 30.0. The van der Waals surface area contributed by atoms with Crippen molar-refractivity contribution in [3.63, 3.8) is 0 Å². The van der Waals surface area contributed by atoms with Gasteiger partial charge in [-0.1, -0.05) is 6.07 Å². The molecule has 0 aliphatic carbocycles. The fourth-order valence-electron chi connectivity index (χ4n) is 4.20. The summed E-state index contributed by atoms with van der Waals surface area (Å²) in [6.07, 6.45) is 0. The molecule has 0 spiro atoms. The van der Waals surface area contributed by atoms with Crippen LogP contribution in [-0.4, -0.2) is 32.1 Å². The molecule has 0 aliphatic rings. The van der Waals surface area contributed by atoms with Crippen molar-refractivity contribution in [1.29, 1.82) is 0 Å². The highest BCUT2D eigenvalue weighted by Crippen LogP contribution is 2.45. The van der Waals surface area contributed by atoms with Crippen molar-refractivity contribution < 1.29 is 51.3 Å². The van der Waals surface area contributed by atoms with E-state index in [-0.39, 0.29) is 62.0 Å². The summed E-state index contributed by atoms with van der Waals surface area (Å²) >= 11 is 0. The van der Waals surface area contributed by atoms with E-state index in [0.717, 1.165) is 38.1 Å². The van der Waals surface area contributed by atoms with Crippen LogP contribution in [0.2, 0.25) is 0 Å². The summed E-state index contributed by atoms with van der Waals surface area (Å²) < 4.78 is 61.9. The predicted molar refractivity (Wildman–Crippen MR) is 140 cm³/mol.